The van der Waals surface area contributed by atoms with Crippen molar-refractivity contribution in [1.29, 1.82) is 5.26 Å². The normalized spacial score (nSPS) is 23.5. The van der Waals surface area contributed by atoms with E-state index < -0.39 is 0 Å². The molecule has 0 amide bonds. The Balaban J connectivity index is 1.19. The Hall–Kier alpha value is -2.59. The molecule has 0 radical (unpaired) electrons. The van der Waals surface area contributed by atoms with Gasteiger partial charge in [0.25, 0.3) is 0 Å². The highest BCUT2D eigenvalue weighted by atomic mass is 35.5. The van der Waals surface area contributed by atoms with Crippen molar-refractivity contribution in [2.75, 3.05) is 4.90 Å². The summed E-state index contributed by atoms with van der Waals surface area (Å²) in [5.41, 5.74) is 3.41. The first-order chi connectivity index (χ1) is 16.5. The Kier molecular flexibility index (Phi) is 5.52. The zero-order valence-electron chi connectivity index (χ0n) is 18.4. The summed E-state index contributed by atoms with van der Waals surface area (Å²) >= 11 is 13.0. The summed E-state index contributed by atoms with van der Waals surface area (Å²) in [6, 6.07) is 13.1. The standard InChI is InChI=1S/C26H23Cl2FN4O/c27-20-2-1-3-21(28)24(20)25-19(26(34-32-25)15-5-6-15)13-31-16-9-17-11-18(10-16)33(17)23-7-4-14(12-30)8-22(23)29/h1-4,7-8,15-18,31H,5-6,9-11,13H2. The first-order valence-electron chi connectivity index (χ1n) is 11.7. The molecule has 2 saturated carbocycles. The van der Waals surface area contributed by atoms with Crippen LogP contribution in [0.2, 0.25) is 10.0 Å². The van der Waals surface area contributed by atoms with Crippen molar-refractivity contribution in [3.8, 4) is 17.3 Å². The Morgan fingerprint density at radius 1 is 1.12 bits per heavy atom. The molecule has 4 aliphatic rings. The molecule has 2 unspecified atom stereocenters. The molecule has 2 aliphatic heterocycles. The minimum absolute atomic E-state index is 0.293. The van der Waals surface area contributed by atoms with Crippen molar-refractivity contribution >= 4 is 28.9 Å². The number of piperidine rings is 1. The van der Waals surface area contributed by atoms with Gasteiger partial charge in [0.2, 0.25) is 0 Å². The minimum atomic E-state index is -0.319. The summed E-state index contributed by atoms with van der Waals surface area (Å²) in [6.07, 6.45) is 5.15. The highest BCUT2D eigenvalue weighted by Gasteiger charge is 2.46. The largest absolute Gasteiger partial charge is 0.363 e. The van der Waals surface area contributed by atoms with Crippen LogP contribution in [-0.2, 0) is 6.54 Å². The average Bonchev–Trinajstić information content (AvgIpc) is 3.59. The maximum Gasteiger partial charge on any atom is 0.147 e. The topological polar surface area (TPSA) is 65.1 Å². The van der Waals surface area contributed by atoms with Crippen LogP contribution in [0.4, 0.5) is 10.1 Å². The number of hydrogen-bond donors (Lipinski definition) is 1. The van der Waals surface area contributed by atoms with Gasteiger partial charge in [-0.25, -0.2) is 4.39 Å². The van der Waals surface area contributed by atoms with Crippen LogP contribution in [0.5, 0.6) is 0 Å². The van der Waals surface area contributed by atoms with Gasteiger partial charge in [-0.05, 0) is 62.4 Å². The number of hydrogen-bond acceptors (Lipinski definition) is 5. The lowest BCUT2D eigenvalue weighted by molar-refractivity contribution is 0.194. The fourth-order valence-electron chi connectivity index (χ4n) is 5.55. The van der Waals surface area contributed by atoms with Gasteiger partial charge in [-0.3, -0.25) is 0 Å². The fourth-order valence-corrected chi connectivity index (χ4v) is 6.12. The lowest BCUT2D eigenvalue weighted by Gasteiger charge is -2.57. The molecule has 8 heteroatoms. The molecule has 0 spiro atoms. The summed E-state index contributed by atoms with van der Waals surface area (Å²) < 4.78 is 20.4. The second-order valence-corrected chi connectivity index (χ2v) is 10.3. The van der Waals surface area contributed by atoms with E-state index in [0.29, 0.717) is 63.1 Å². The fraction of sp³-hybridized carbons (Fsp3) is 0.385. The van der Waals surface area contributed by atoms with Crippen LogP contribution in [-0.4, -0.2) is 23.3 Å². The lowest BCUT2D eigenvalue weighted by atomic mass is 9.76. The van der Waals surface area contributed by atoms with E-state index in [9.17, 15) is 4.39 Å². The first kappa shape index (κ1) is 21.9. The zero-order chi connectivity index (χ0) is 23.4. The van der Waals surface area contributed by atoms with Crippen LogP contribution in [0.3, 0.4) is 0 Å². The predicted octanol–water partition coefficient (Wildman–Crippen LogP) is 6.44. The van der Waals surface area contributed by atoms with E-state index >= 15 is 0 Å². The summed E-state index contributed by atoms with van der Waals surface area (Å²) in [7, 11) is 0. The van der Waals surface area contributed by atoms with Crippen molar-refractivity contribution in [1.82, 2.24) is 10.5 Å². The van der Waals surface area contributed by atoms with Crippen molar-refractivity contribution in [2.24, 2.45) is 0 Å². The molecule has 1 N–H and O–H groups in total. The van der Waals surface area contributed by atoms with Crippen LogP contribution in [0.15, 0.2) is 40.9 Å². The van der Waals surface area contributed by atoms with Crippen LogP contribution in [0.1, 0.15) is 54.9 Å². The molecule has 2 bridgehead atoms. The van der Waals surface area contributed by atoms with Crippen LogP contribution < -0.4 is 10.2 Å². The quantitative estimate of drug-likeness (QED) is 0.425. The van der Waals surface area contributed by atoms with Gasteiger partial charge >= 0.3 is 0 Å². The van der Waals surface area contributed by atoms with Crippen molar-refractivity contribution in [2.45, 2.75) is 62.7 Å². The van der Waals surface area contributed by atoms with Gasteiger partial charge in [0.1, 0.15) is 17.3 Å². The van der Waals surface area contributed by atoms with E-state index in [4.69, 9.17) is 33.0 Å². The number of halogens is 3. The molecule has 174 valence electrons. The van der Waals surface area contributed by atoms with E-state index in [2.05, 4.69) is 15.4 Å². The third-order valence-corrected chi connectivity index (χ3v) is 7.96. The molecule has 34 heavy (non-hydrogen) atoms. The van der Waals surface area contributed by atoms with E-state index in [1.54, 1.807) is 12.1 Å². The molecular weight excluding hydrogens is 474 g/mol. The average molecular weight is 497 g/mol. The molecule has 5 nitrogen and oxygen atoms in total. The maximum absolute atomic E-state index is 14.6. The van der Waals surface area contributed by atoms with Gasteiger partial charge in [-0.2, -0.15) is 5.26 Å². The molecule has 2 aliphatic carbocycles. The molecule has 4 fully saturated rings. The summed E-state index contributed by atoms with van der Waals surface area (Å²) in [5, 5.41) is 18.2. The van der Waals surface area contributed by atoms with Crippen molar-refractivity contribution in [3.05, 3.63) is 69.1 Å². The number of fused-ring (bicyclic) bond motifs is 2. The third kappa shape index (κ3) is 3.76. The number of nitrogens with zero attached hydrogens (tertiary/aromatic N) is 3. The zero-order valence-corrected chi connectivity index (χ0v) is 19.9. The van der Waals surface area contributed by atoms with Gasteiger partial charge in [0.05, 0.1) is 27.4 Å². The van der Waals surface area contributed by atoms with E-state index in [-0.39, 0.29) is 5.82 Å². The third-order valence-electron chi connectivity index (χ3n) is 7.33. The van der Waals surface area contributed by atoms with E-state index in [1.165, 1.54) is 6.07 Å². The molecule has 2 saturated heterocycles. The predicted molar refractivity (Wildman–Crippen MR) is 130 cm³/mol. The second kappa shape index (κ2) is 8.57. The highest BCUT2D eigenvalue weighted by molar-refractivity contribution is 6.39. The van der Waals surface area contributed by atoms with E-state index in [1.807, 2.05) is 24.3 Å². The molecule has 2 atom stereocenters. The van der Waals surface area contributed by atoms with Crippen LogP contribution in [0.25, 0.3) is 11.3 Å². The minimum Gasteiger partial charge on any atom is -0.363 e. The SMILES string of the molecule is N#Cc1ccc(N2C3CC(NCc4c(-c5c(Cl)cccc5Cl)noc4C4CC4)CC2C3)c(F)c1. The Labute approximate surface area is 207 Å². The van der Waals surface area contributed by atoms with Crippen LogP contribution in [0, 0.1) is 17.1 Å². The van der Waals surface area contributed by atoms with Gasteiger partial charge in [0.15, 0.2) is 0 Å². The first-order valence-corrected chi connectivity index (χ1v) is 12.4. The monoisotopic (exact) mass is 496 g/mol. The van der Waals surface area contributed by atoms with Crippen LogP contribution >= 0.6 is 23.2 Å². The Morgan fingerprint density at radius 2 is 1.85 bits per heavy atom. The molecule has 1 aromatic heterocycles. The van der Waals surface area contributed by atoms with Gasteiger partial charge < -0.3 is 14.7 Å². The number of nitriles is 1. The Morgan fingerprint density at radius 3 is 2.50 bits per heavy atom. The lowest BCUT2D eigenvalue weighted by Crippen LogP contribution is -2.64. The number of benzene rings is 2. The molecule has 2 aromatic carbocycles. The van der Waals surface area contributed by atoms with Gasteiger partial charge in [0, 0.05) is 41.7 Å². The Bertz CT molecular complexity index is 1270. The number of anilines is 1. The molecular formula is C26H23Cl2FN4O. The number of aromatic nitrogens is 1. The summed E-state index contributed by atoms with van der Waals surface area (Å²) in [4.78, 5) is 2.18. The second-order valence-electron chi connectivity index (χ2n) is 9.52. The maximum atomic E-state index is 14.6. The molecule has 7 rings (SSSR count). The highest BCUT2D eigenvalue weighted by Crippen LogP contribution is 2.46. The number of rotatable bonds is 6. The summed E-state index contributed by atoms with van der Waals surface area (Å²) in [6.45, 7) is 0.627. The molecule has 3 heterocycles. The van der Waals surface area contributed by atoms with Gasteiger partial charge in [-0.1, -0.05) is 34.4 Å². The number of nitrogens with one attached hydrogen (secondary N) is 1. The van der Waals surface area contributed by atoms with E-state index in [0.717, 1.165) is 43.4 Å². The molecule has 3 aromatic rings. The smallest absolute Gasteiger partial charge is 0.147 e. The summed E-state index contributed by atoms with van der Waals surface area (Å²) in [5.74, 6) is 1.02. The van der Waals surface area contributed by atoms with Crippen molar-refractivity contribution < 1.29 is 8.91 Å². The van der Waals surface area contributed by atoms with Gasteiger partial charge in [-0.15, -0.1) is 0 Å². The van der Waals surface area contributed by atoms with Crippen molar-refractivity contribution in [3.63, 3.8) is 0 Å².